The van der Waals surface area contributed by atoms with Gasteiger partial charge in [0.15, 0.2) is 0 Å². The third-order valence-corrected chi connectivity index (χ3v) is 4.47. The summed E-state index contributed by atoms with van der Waals surface area (Å²) >= 11 is 0. The van der Waals surface area contributed by atoms with Crippen LogP contribution in [0.15, 0.2) is 36.7 Å². The molecule has 21 heavy (non-hydrogen) atoms. The van der Waals surface area contributed by atoms with Crippen molar-refractivity contribution in [2.75, 3.05) is 25.0 Å². The highest BCUT2D eigenvalue weighted by molar-refractivity contribution is 5.70. The van der Waals surface area contributed by atoms with E-state index in [1.807, 2.05) is 12.4 Å². The average Bonchev–Trinajstić information content (AvgIpc) is 2.88. The first-order chi connectivity index (χ1) is 10.2. The van der Waals surface area contributed by atoms with Gasteiger partial charge in [-0.1, -0.05) is 13.0 Å². The van der Waals surface area contributed by atoms with Crippen LogP contribution in [0.25, 0.3) is 11.1 Å². The number of aromatic nitrogens is 1. The molecule has 1 aliphatic rings. The lowest BCUT2D eigenvalue weighted by atomic mass is 9.96. The Kier molecular flexibility index (Phi) is 3.93. The molecule has 3 rings (SSSR count). The van der Waals surface area contributed by atoms with Crippen LogP contribution in [0.2, 0.25) is 0 Å². The molecule has 2 aromatic rings. The lowest BCUT2D eigenvalue weighted by Gasteiger charge is -2.14. The highest BCUT2D eigenvalue weighted by Crippen LogP contribution is 2.32. The molecule has 110 valence electrons. The third kappa shape index (κ3) is 2.79. The number of nitrogens with two attached hydrogens (primary N) is 1. The first kappa shape index (κ1) is 14.1. The Labute approximate surface area is 126 Å². The summed E-state index contributed by atoms with van der Waals surface area (Å²) in [5, 5.41) is 0. The topological polar surface area (TPSA) is 42.1 Å². The zero-order valence-corrected chi connectivity index (χ0v) is 12.8. The summed E-state index contributed by atoms with van der Waals surface area (Å²) in [7, 11) is 2.15. The third-order valence-electron chi connectivity index (χ3n) is 4.47. The Morgan fingerprint density at radius 2 is 2.10 bits per heavy atom. The first-order valence-corrected chi connectivity index (χ1v) is 7.68. The molecule has 0 fully saturated rings. The van der Waals surface area contributed by atoms with E-state index in [4.69, 9.17) is 5.73 Å². The quantitative estimate of drug-likeness (QED) is 0.936. The molecule has 3 nitrogen and oxygen atoms in total. The SMILES string of the molecule is CC(CCN)c1cncc(-c2ccc3c(c2)CCN3C)c1. The van der Waals surface area contributed by atoms with Crippen molar-refractivity contribution in [1.82, 2.24) is 4.98 Å². The molecule has 0 radical (unpaired) electrons. The predicted octanol–water partition coefficient (Wildman–Crippen LogP) is 3.19. The van der Waals surface area contributed by atoms with Gasteiger partial charge in [0.05, 0.1) is 0 Å². The molecule has 1 aromatic heterocycles. The number of benzene rings is 1. The van der Waals surface area contributed by atoms with Crippen LogP contribution in [-0.2, 0) is 6.42 Å². The lowest BCUT2D eigenvalue weighted by molar-refractivity contribution is 0.687. The lowest BCUT2D eigenvalue weighted by Crippen LogP contribution is -2.12. The fourth-order valence-corrected chi connectivity index (χ4v) is 3.05. The standard InChI is InChI=1S/C18H23N3/c1-13(5-7-19)16-10-17(12-20-11-16)14-3-4-18-15(9-14)6-8-21(18)2/h3-4,9-13H,5-8,19H2,1-2H3. The highest BCUT2D eigenvalue weighted by Gasteiger charge is 2.16. The summed E-state index contributed by atoms with van der Waals surface area (Å²) in [6, 6.07) is 9.00. The van der Waals surface area contributed by atoms with Crippen LogP contribution in [0, 0.1) is 0 Å². The van der Waals surface area contributed by atoms with Crippen molar-refractivity contribution in [1.29, 1.82) is 0 Å². The van der Waals surface area contributed by atoms with Crippen molar-refractivity contribution in [2.45, 2.75) is 25.7 Å². The van der Waals surface area contributed by atoms with E-state index in [1.165, 1.54) is 27.9 Å². The highest BCUT2D eigenvalue weighted by atomic mass is 15.1. The van der Waals surface area contributed by atoms with E-state index in [1.54, 1.807) is 0 Å². The van der Waals surface area contributed by atoms with E-state index in [-0.39, 0.29) is 0 Å². The van der Waals surface area contributed by atoms with Crippen molar-refractivity contribution < 1.29 is 0 Å². The molecular weight excluding hydrogens is 258 g/mol. The molecule has 0 aliphatic carbocycles. The van der Waals surface area contributed by atoms with Crippen LogP contribution in [0.5, 0.6) is 0 Å². The number of nitrogens with zero attached hydrogens (tertiary/aromatic N) is 2. The number of rotatable bonds is 4. The number of hydrogen-bond donors (Lipinski definition) is 1. The van der Waals surface area contributed by atoms with Gasteiger partial charge < -0.3 is 10.6 Å². The number of anilines is 1. The molecule has 1 atom stereocenters. The minimum absolute atomic E-state index is 0.461. The zero-order chi connectivity index (χ0) is 14.8. The molecule has 0 saturated heterocycles. The number of likely N-dealkylation sites (N-methyl/N-ethyl adjacent to an activating group) is 1. The van der Waals surface area contributed by atoms with Gasteiger partial charge in [-0.3, -0.25) is 4.98 Å². The monoisotopic (exact) mass is 281 g/mol. The largest absolute Gasteiger partial charge is 0.374 e. The van der Waals surface area contributed by atoms with Gasteiger partial charge in [0.1, 0.15) is 0 Å². The van der Waals surface area contributed by atoms with Gasteiger partial charge in [0, 0.05) is 37.2 Å². The zero-order valence-electron chi connectivity index (χ0n) is 12.8. The van der Waals surface area contributed by atoms with Gasteiger partial charge in [-0.15, -0.1) is 0 Å². The summed E-state index contributed by atoms with van der Waals surface area (Å²) in [5.74, 6) is 0.461. The fourth-order valence-electron chi connectivity index (χ4n) is 3.05. The molecule has 0 amide bonds. The molecule has 0 bridgehead atoms. The minimum atomic E-state index is 0.461. The maximum absolute atomic E-state index is 5.67. The Morgan fingerprint density at radius 1 is 1.24 bits per heavy atom. The van der Waals surface area contributed by atoms with Crippen molar-refractivity contribution in [2.24, 2.45) is 5.73 Å². The van der Waals surface area contributed by atoms with Crippen molar-refractivity contribution in [3.63, 3.8) is 0 Å². The van der Waals surface area contributed by atoms with Crippen molar-refractivity contribution >= 4 is 5.69 Å². The van der Waals surface area contributed by atoms with E-state index in [0.717, 1.165) is 25.9 Å². The number of pyridine rings is 1. The summed E-state index contributed by atoms with van der Waals surface area (Å²) in [6.07, 6.45) is 6.06. The van der Waals surface area contributed by atoms with Gasteiger partial charge in [0.2, 0.25) is 0 Å². The normalized spacial score (nSPS) is 15.1. The van der Waals surface area contributed by atoms with Crippen LogP contribution in [0.3, 0.4) is 0 Å². The van der Waals surface area contributed by atoms with Crippen molar-refractivity contribution in [3.05, 3.63) is 47.8 Å². The Morgan fingerprint density at radius 3 is 2.90 bits per heavy atom. The molecule has 0 saturated carbocycles. The van der Waals surface area contributed by atoms with Gasteiger partial charge in [-0.25, -0.2) is 0 Å². The summed E-state index contributed by atoms with van der Waals surface area (Å²) in [5.41, 5.74) is 12.2. The predicted molar refractivity (Wildman–Crippen MR) is 88.7 cm³/mol. The molecule has 2 N–H and O–H groups in total. The first-order valence-electron chi connectivity index (χ1n) is 7.68. The van der Waals surface area contributed by atoms with Crippen LogP contribution in [0.4, 0.5) is 5.69 Å². The Balaban J connectivity index is 1.92. The molecule has 3 heteroatoms. The molecule has 1 aliphatic heterocycles. The van der Waals surface area contributed by atoms with E-state index in [9.17, 15) is 0 Å². The van der Waals surface area contributed by atoms with Crippen molar-refractivity contribution in [3.8, 4) is 11.1 Å². The molecular formula is C18H23N3. The van der Waals surface area contributed by atoms with Gasteiger partial charge in [-0.05, 0) is 60.2 Å². The second-order valence-corrected chi connectivity index (χ2v) is 6.00. The molecule has 0 spiro atoms. The van der Waals surface area contributed by atoms with Crippen LogP contribution < -0.4 is 10.6 Å². The van der Waals surface area contributed by atoms with Crippen LogP contribution >= 0.6 is 0 Å². The maximum atomic E-state index is 5.67. The second kappa shape index (κ2) is 5.86. The van der Waals surface area contributed by atoms with Gasteiger partial charge >= 0.3 is 0 Å². The Hall–Kier alpha value is -1.87. The van der Waals surface area contributed by atoms with E-state index < -0.39 is 0 Å². The molecule has 2 heterocycles. The second-order valence-electron chi connectivity index (χ2n) is 6.00. The smallest absolute Gasteiger partial charge is 0.0397 e. The van der Waals surface area contributed by atoms with E-state index in [0.29, 0.717) is 5.92 Å². The van der Waals surface area contributed by atoms with Crippen LogP contribution in [-0.4, -0.2) is 25.1 Å². The Bertz CT molecular complexity index is 636. The van der Waals surface area contributed by atoms with E-state index in [2.05, 4.69) is 48.1 Å². The fraction of sp³-hybridized carbons (Fsp3) is 0.389. The number of hydrogen-bond acceptors (Lipinski definition) is 3. The molecule has 1 unspecified atom stereocenters. The summed E-state index contributed by atoms with van der Waals surface area (Å²) in [6.45, 7) is 4.05. The summed E-state index contributed by atoms with van der Waals surface area (Å²) < 4.78 is 0. The van der Waals surface area contributed by atoms with Gasteiger partial charge in [-0.2, -0.15) is 0 Å². The molecule has 1 aromatic carbocycles. The van der Waals surface area contributed by atoms with Gasteiger partial charge in [0.25, 0.3) is 0 Å². The minimum Gasteiger partial charge on any atom is -0.374 e. The van der Waals surface area contributed by atoms with Crippen LogP contribution in [0.1, 0.15) is 30.4 Å². The average molecular weight is 281 g/mol. The maximum Gasteiger partial charge on any atom is 0.0397 e. The number of fused-ring (bicyclic) bond motifs is 1. The summed E-state index contributed by atoms with van der Waals surface area (Å²) in [4.78, 5) is 6.74. The van der Waals surface area contributed by atoms with E-state index >= 15 is 0 Å².